The monoisotopic (exact) mass is 440 g/mol. The highest BCUT2D eigenvalue weighted by atomic mass is 35.5. The number of carbonyl (C=O) groups excluding carboxylic acids is 3. The van der Waals surface area contributed by atoms with Crippen molar-refractivity contribution in [3.8, 4) is 0 Å². The van der Waals surface area contributed by atoms with Crippen LogP contribution in [-0.2, 0) is 19.9 Å². The maximum Gasteiger partial charge on any atom is 0.340 e. The summed E-state index contributed by atoms with van der Waals surface area (Å²) in [5.74, 6) is -1.19. The number of hydrogen-bond donors (Lipinski definition) is 0. The van der Waals surface area contributed by atoms with Crippen LogP contribution in [-0.4, -0.2) is 50.8 Å². The molecular weight excluding hydrogens is 420 g/mol. The zero-order chi connectivity index (χ0) is 22.0. The lowest BCUT2D eigenvalue weighted by atomic mass is 9.74. The number of rotatable bonds is 5. The predicted molar refractivity (Wildman–Crippen MR) is 113 cm³/mol. The first-order valence-electron chi connectivity index (χ1n) is 9.95. The summed E-state index contributed by atoms with van der Waals surface area (Å²) in [6.45, 7) is -0.491. The first-order valence-corrected chi connectivity index (χ1v) is 10.3. The SMILES string of the molecule is CN(C(=O)COC(=O)c1ccc2nncn2c1)C1(c2ccccc2Cl)CCCCC1=O. The predicted octanol–water partition coefficient (Wildman–Crippen LogP) is 3.04. The fourth-order valence-corrected chi connectivity index (χ4v) is 4.39. The Morgan fingerprint density at radius 3 is 2.81 bits per heavy atom. The van der Waals surface area contributed by atoms with E-state index >= 15 is 0 Å². The van der Waals surface area contributed by atoms with E-state index < -0.39 is 24.0 Å². The fourth-order valence-electron chi connectivity index (χ4n) is 4.10. The number of fused-ring (bicyclic) bond motifs is 1. The molecule has 1 saturated carbocycles. The Kier molecular flexibility index (Phi) is 5.73. The van der Waals surface area contributed by atoms with E-state index in [1.165, 1.54) is 17.4 Å². The molecule has 3 aromatic rings. The smallest absolute Gasteiger partial charge is 0.340 e. The zero-order valence-corrected chi connectivity index (χ0v) is 17.7. The summed E-state index contributed by atoms with van der Waals surface area (Å²) in [7, 11) is 1.56. The molecule has 2 aromatic heterocycles. The number of esters is 1. The molecule has 2 heterocycles. The third-order valence-corrected chi connectivity index (χ3v) is 6.10. The van der Waals surface area contributed by atoms with E-state index in [1.54, 1.807) is 47.8 Å². The van der Waals surface area contributed by atoms with Crippen molar-refractivity contribution in [2.24, 2.45) is 0 Å². The second-order valence-electron chi connectivity index (χ2n) is 7.51. The molecule has 1 aliphatic rings. The average molecular weight is 441 g/mol. The Hall–Kier alpha value is -3.26. The number of amides is 1. The van der Waals surface area contributed by atoms with Gasteiger partial charge in [-0.05, 0) is 37.5 Å². The van der Waals surface area contributed by atoms with Crippen molar-refractivity contribution in [2.75, 3.05) is 13.7 Å². The molecule has 1 aliphatic carbocycles. The molecule has 9 heteroatoms. The molecule has 0 saturated heterocycles. The van der Waals surface area contributed by atoms with Crippen LogP contribution in [0.2, 0.25) is 5.02 Å². The second kappa shape index (κ2) is 8.47. The van der Waals surface area contributed by atoms with E-state index in [4.69, 9.17) is 16.3 Å². The molecule has 8 nitrogen and oxygen atoms in total. The lowest BCUT2D eigenvalue weighted by Gasteiger charge is -2.43. The highest BCUT2D eigenvalue weighted by molar-refractivity contribution is 6.31. The Balaban J connectivity index is 1.54. The highest BCUT2D eigenvalue weighted by Crippen LogP contribution is 2.42. The van der Waals surface area contributed by atoms with Crippen LogP contribution in [0.1, 0.15) is 41.6 Å². The first-order chi connectivity index (χ1) is 14.9. The number of pyridine rings is 1. The van der Waals surface area contributed by atoms with Gasteiger partial charge in [-0.2, -0.15) is 0 Å². The number of hydrogen-bond acceptors (Lipinski definition) is 6. The number of ether oxygens (including phenoxy) is 1. The molecule has 1 amide bonds. The van der Waals surface area contributed by atoms with Gasteiger partial charge in [-0.25, -0.2) is 4.79 Å². The molecule has 0 radical (unpaired) electrons. The largest absolute Gasteiger partial charge is 0.452 e. The number of likely N-dealkylation sites (N-methyl/N-ethyl adjacent to an activating group) is 1. The van der Waals surface area contributed by atoms with Crippen molar-refractivity contribution < 1.29 is 19.1 Å². The Morgan fingerprint density at radius 1 is 1.23 bits per heavy atom. The van der Waals surface area contributed by atoms with Gasteiger partial charge < -0.3 is 9.64 Å². The summed E-state index contributed by atoms with van der Waals surface area (Å²) in [4.78, 5) is 39.9. The maximum atomic E-state index is 13.1. The standard InChI is InChI=1S/C22H21ClN4O4/c1-26(22(11-5-4-8-18(22)28)16-6-2-3-7-17(16)23)20(29)13-31-21(30)15-9-10-19-25-24-14-27(19)12-15/h2-3,6-7,9-10,12,14H,4-5,8,11,13H2,1H3. The molecule has 160 valence electrons. The maximum absolute atomic E-state index is 13.1. The Morgan fingerprint density at radius 2 is 2.03 bits per heavy atom. The zero-order valence-electron chi connectivity index (χ0n) is 17.0. The summed E-state index contributed by atoms with van der Waals surface area (Å²) in [6.07, 6.45) is 5.38. The van der Waals surface area contributed by atoms with Crippen LogP contribution in [0.25, 0.3) is 5.65 Å². The van der Waals surface area contributed by atoms with Crippen LogP contribution in [0.5, 0.6) is 0 Å². The van der Waals surface area contributed by atoms with Crippen LogP contribution in [0.15, 0.2) is 48.9 Å². The van der Waals surface area contributed by atoms with E-state index in [0.717, 1.165) is 12.8 Å². The third kappa shape index (κ3) is 3.79. The normalized spacial score (nSPS) is 18.7. The molecule has 1 aromatic carbocycles. The minimum atomic E-state index is -1.17. The van der Waals surface area contributed by atoms with Crippen molar-refractivity contribution in [3.05, 3.63) is 65.1 Å². The number of nitrogens with zero attached hydrogens (tertiary/aromatic N) is 4. The van der Waals surface area contributed by atoms with E-state index in [9.17, 15) is 14.4 Å². The van der Waals surface area contributed by atoms with Crippen LogP contribution in [0.4, 0.5) is 0 Å². The van der Waals surface area contributed by atoms with Crippen LogP contribution in [0, 0.1) is 0 Å². The van der Waals surface area contributed by atoms with Gasteiger partial charge in [0.25, 0.3) is 5.91 Å². The van der Waals surface area contributed by atoms with Crippen molar-refractivity contribution >= 4 is 34.9 Å². The Labute approximate surface area is 183 Å². The van der Waals surface area contributed by atoms with Gasteiger partial charge in [0.15, 0.2) is 18.0 Å². The van der Waals surface area contributed by atoms with Gasteiger partial charge in [-0.3, -0.25) is 14.0 Å². The average Bonchev–Trinajstić information content (AvgIpc) is 3.25. The lowest BCUT2D eigenvalue weighted by molar-refractivity contribution is -0.150. The van der Waals surface area contributed by atoms with E-state index in [2.05, 4.69) is 10.2 Å². The van der Waals surface area contributed by atoms with Gasteiger partial charge in [0.1, 0.15) is 11.9 Å². The van der Waals surface area contributed by atoms with Crippen molar-refractivity contribution in [1.82, 2.24) is 19.5 Å². The summed E-state index contributed by atoms with van der Waals surface area (Å²) in [5, 5.41) is 8.06. The number of ketones is 1. The van der Waals surface area contributed by atoms with E-state index in [0.29, 0.717) is 29.1 Å². The van der Waals surface area contributed by atoms with Crippen LogP contribution >= 0.6 is 11.6 Å². The second-order valence-corrected chi connectivity index (χ2v) is 7.92. The van der Waals surface area contributed by atoms with Crippen LogP contribution in [0.3, 0.4) is 0 Å². The molecule has 1 unspecified atom stereocenters. The highest BCUT2D eigenvalue weighted by Gasteiger charge is 2.48. The third-order valence-electron chi connectivity index (χ3n) is 5.77. The number of benzene rings is 1. The van der Waals surface area contributed by atoms with Gasteiger partial charge in [0.05, 0.1) is 5.56 Å². The Bertz CT molecular complexity index is 1160. The molecule has 0 bridgehead atoms. The quantitative estimate of drug-likeness (QED) is 0.566. The molecule has 0 aliphatic heterocycles. The van der Waals surface area contributed by atoms with Gasteiger partial charge in [0.2, 0.25) is 0 Å². The number of aromatic nitrogens is 3. The summed E-state index contributed by atoms with van der Waals surface area (Å²) < 4.78 is 6.83. The van der Waals surface area contributed by atoms with Gasteiger partial charge in [-0.1, -0.05) is 29.8 Å². The van der Waals surface area contributed by atoms with Crippen molar-refractivity contribution in [1.29, 1.82) is 0 Å². The van der Waals surface area contributed by atoms with Gasteiger partial charge >= 0.3 is 5.97 Å². The fraction of sp³-hybridized carbons (Fsp3) is 0.318. The lowest BCUT2D eigenvalue weighted by Crippen LogP contribution is -2.55. The first kappa shape index (κ1) is 21.0. The number of halogens is 1. The minimum absolute atomic E-state index is 0.0629. The summed E-state index contributed by atoms with van der Waals surface area (Å²) in [5.41, 5.74) is 0.283. The molecule has 0 spiro atoms. The molecule has 0 N–H and O–H groups in total. The molecule has 31 heavy (non-hydrogen) atoms. The molecule has 1 fully saturated rings. The molecular formula is C22H21ClN4O4. The van der Waals surface area contributed by atoms with E-state index in [-0.39, 0.29) is 11.3 Å². The van der Waals surface area contributed by atoms with E-state index in [1.807, 2.05) is 0 Å². The minimum Gasteiger partial charge on any atom is -0.452 e. The number of Topliss-reactive ketones (excluding diaryl/α,β-unsaturated/α-hetero) is 1. The summed E-state index contributed by atoms with van der Waals surface area (Å²) in [6, 6.07) is 10.2. The summed E-state index contributed by atoms with van der Waals surface area (Å²) >= 11 is 6.42. The molecule has 4 rings (SSSR count). The molecule has 1 atom stereocenters. The van der Waals surface area contributed by atoms with Gasteiger partial charge in [-0.15, -0.1) is 10.2 Å². The topological polar surface area (TPSA) is 93.9 Å². The van der Waals surface area contributed by atoms with Gasteiger partial charge in [0, 0.05) is 30.3 Å². The van der Waals surface area contributed by atoms with Crippen LogP contribution < -0.4 is 0 Å². The van der Waals surface area contributed by atoms with Crippen molar-refractivity contribution in [3.63, 3.8) is 0 Å². The number of carbonyl (C=O) groups is 3. The van der Waals surface area contributed by atoms with Crippen molar-refractivity contribution in [2.45, 2.75) is 31.2 Å².